The summed E-state index contributed by atoms with van der Waals surface area (Å²) in [5.74, 6) is 1.06. The van der Waals surface area contributed by atoms with Crippen LogP contribution in [0.1, 0.15) is 17.1 Å². The molecule has 0 atom stereocenters. The molecule has 0 spiro atoms. The van der Waals surface area contributed by atoms with Gasteiger partial charge in [-0.2, -0.15) is 0 Å². The van der Waals surface area contributed by atoms with Gasteiger partial charge in [0.05, 0.1) is 5.69 Å². The number of rotatable bonds is 4. The minimum Gasteiger partial charge on any atom is -0.330 e. The Labute approximate surface area is 96.1 Å². The van der Waals surface area contributed by atoms with Crippen LogP contribution in [0.4, 0.5) is 0 Å². The van der Waals surface area contributed by atoms with Crippen molar-refractivity contribution in [3.63, 3.8) is 0 Å². The number of aromatic nitrogens is 2. The molecule has 84 valence electrons. The van der Waals surface area contributed by atoms with E-state index in [1.165, 1.54) is 5.56 Å². The van der Waals surface area contributed by atoms with Crippen molar-refractivity contribution in [1.82, 2.24) is 14.9 Å². The first kappa shape index (κ1) is 10.9. The highest BCUT2D eigenvalue weighted by atomic mass is 15.1. The van der Waals surface area contributed by atoms with E-state index in [-0.39, 0.29) is 0 Å². The molecule has 0 radical (unpaired) electrons. The summed E-state index contributed by atoms with van der Waals surface area (Å²) in [6.45, 7) is 3.76. The van der Waals surface area contributed by atoms with E-state index in [1.807, 2.05) is 20.0 Å². The molecule has 0 amide bonds. The molecule has 0 bridgehead atoms. The van der Waals surface area contributed by atoms with Crippen molar-refractivity contribution in [3.8, 4) is 0 Å². The van der Waals surface area contributed by atoms with Crippen LogP contribution in [0, 0.1) is 6.92 Å². The molecule has 2 rings (SSSR count). The molecule has 1 aromatic carbocycles. The molecule has 3 nitrogen and oxygen atoms in total. The van der Waals surface area contributed by atoms with Gasteiger partial charge in [-0.05, 0) is 19.5 Å². The highest BCUT2D eigenvalue weighted by molar-refractivity contribution is 5.16. The van der Waals surface area contributed by atoms with E-state index in [1.54, 1.807) is 0 Å². The normalized spacial score (nSPS) is 10.6. The van der Waals surface area contributed by atoms with Crippen molar-refractivity contribution in [2.24, 2.45) is 0 Å². The van der Waals surface area contributed by atoms with Gasteiger partial charge < -0.3 is 9.88 Å². The van der Waals surface area contributed by atoms with Crippen LogP contribution in [0.3, 0.4) is 0 Å². The lowest BCUT2D eigenvalue weighted by molar-refractivity contribution is 0.760. The summed E-state index contributed by atoms with van der Waals surface area (Å²) < 4.78 is 2.18. The van der Waals surface area contributed by atoms with Crippen molar-refractivity contribution in [2.75, 3.05) is 7.05 Å². The molecular formula is C13H17N3. The maximum atomic E-state index is 4.50. The third-order valence-corrected chi connectivity index (χ3v) is 2.58. The predicted octanol–water partition coefficient (Wildman–Crippen LogP) is 1.96. The highest BCUT2D eigenvalue weighted by Gasteiger charge is 2.03. The van der Waals surface area contributed by atoms with E-state index in [9.17, 15) is 0 Å². The fourth-order valence-electron chi connectivity index (χ4n) is 1.78. The van der Waals surface area contributed by atoms with E-state index in [0.717, 1.165) is 24.6 Å². The van der Waals surface area contributed by atoms with E-state index in [4.69, 9.17) is 0 Å². The first-order chi connectivity index (χ1) is 7.79. The van der Waals surface area contributed by atoms with E-state index >= 15 is 0 Å². The lowest BCUT2D eigenvalue weighted by atomic mass is 10.2. The van der Waals surface area contributed by atoms with Gasteiger partial charge in [0.25, 0.3) is 0 Å². The maximum absolute atomic E-state index is 4.50. The number of benzene rings is 1. The van der Waals surface area contributed by atoms with E-state index in [2.05, 4.69) is 45.3 Å². The van der Waals surface area contributed by atoms with Crippen LogP contribution in [0.2, 0.25) is 0 Å². The summed E-state index contributed by atoms with van der Waals surface area (Å²) in [6.07, 6.45) is 2.11. The fraction of sp³-hybridized carbons (Fsp3) is 0.308. The Kier molecular flexibility index (Phi) is 3.37. The van der Waals surface area contributed by atoms with Gasteiger partial charge in [0.15, 0.2) is 0 Å². The average molecular weight is 215 g/mol. The van der Waals surface area contributed by atoms with Gasteiger partial charge in [-0.1, -0.05) is 30.3 Å². The van der Waals surface area contributed by atoms with Crippen LogP contribution in [0.5, 0.6) is 0 Å². The third-order valence-electron chi connectivity index (χ3n) is 2.58. The first-order valence-electron chi connectivity index (χ1n) is 5.51. The maximum Gasteiger partial charge on any atom is 0.106 e. The molecule has 0 saturated heterocycles. The Balaban J connectivity index is 2.15. The summed E-state index contributed by atoms with van der Waals surface area (Å²) in [7, 11) is 1.94. The molecule has 16 heavy (non-hydrogen) atoms. The number of aryl methyl sites for hydroxylation is 1. The predicted molar refractivity (Wildman–Crippen MR) is 65.3 cm³/mol. The van der Waals surface area contributed by atoms with Crippen molar-refractivity contribution in [2.45, 2.75) is 20.0 Å². The summed E-state index contributed by atoms with van der Waals surface area (Å²) in [5.41, 5.74) is 2.40. The van der Waals surface area contributed by atoms with Gasteiger partial charge in [0.1, 0.15) is 5.82 Å². The van der Waals surface area contributed by atoms with Gasteiger partial charge in [-0.25, -0.2) is 4.98 Å². The van der Waals surface area contributed by atoms with Crippen LogP contribution in [-0.4, -0.2) is 16.6 Å². The largest absolute Gasteiger partial charge is 0.330 e. The lowest BCUT2D eigenvalue weighted by Crippen LogP contribution is -2.05. The van der Waals surface area contributed by atoms with Gasteiger partial charge in [0, 0.05) is 19.3 Å². The van der Waals surface area contributed by atoms with Gasteiger partial charge >= 0.3 is 0 Å². The molecule has 3 heteroatoms. The van der Waals surface area contributed by atoms with Gasteiger partial charge in [-0.3, -0.25) is 0 Å². The van der Waals surface area contributed by atoms with Crippen molar-refractivity contribution in [3.05, 3.63) is 53.6 Å². The Morgan fingerprint density at radius 2 is 2.00 bits per heavy atom. The molecule has 0 saturated carbocycles. The van der Waals surface area contributed by atoms with Crippen LogP contribution >= 0.6 is 0 Å². The van der Waals surface area contributed by atoms with Crippen LogP contribution in [-0.2, 0) is 13.1 Å². The summed E-state index contributed by atoms with van der Waals surface area (Å²) in [5, 5.41) is 3.11. The van der Waals surface area contributed by atoms with Crippen molar-refractivity contribution >= 4 is 0 Å². The topological polar surface area (TPSA) is 29.9 Å². The quantitative estimate of drug-likeness (QED) is 0.845. The Morgan fingerprint density at radius 1 is 1.25 bits per heavy atom. The van der Waals surface area contributed by atoms with Crippen LogP contribution < -0.4 is 5.32 Å². The molecule has 0 fully saturated rings. The minimum atomic E-state index is 0.822. The number of nitrogens with zero attached hydrogens (tertiary/aromatic N) is 2. The van der Waals surface area contributed by atoms with Gasteiger partial charge in [0.2, 0.25) is 0 Å². The minimum absolute atomic E-state index is 0.822. The molecular weight excluding hydrogens is 198 g/mol. The van der Waals surface area contributed by atoms with Crippen LogP contribution in [0.15, 0.2) is 36.5 Å². The molecule has 0 aliphatic rings. The second kappa shape index (κ2) is 4.94. The molecule has 1 N–H and O–H groups in total. The second-order valence-electron chi connectivity index (χ2n) is 3.92. The molecule has 1 heterocycles. The van der Waals surface area contributed by atoms with E-state index in [0.29, 0.717) is 0 Å². The average Bonchev–Trinajstić information content (AvgIpc) is 2.61. The Hall–Kier alpha value is -1.61. The zero-order valence-electron chi connectivity index (χ0n) is 9.77. The molecule has 0 unspecified atom stereocenters. The summed E-state index contributed by atoms with van der Waals surface area (Å²) >= 11 is 0. The third kappa shape index (κ3) is 2.49. The standard InChI is InChI=1S/C13H17N3/c1-11-15-13(8-14-2)10-16(11)9-12-6-4-3-5-7-12/h3-7,10,14H,8-9H2,1-2H3. The fourth-order valence-corrected chi connectivity index (χ4v) is 1.78. The molecule has 2 aromatic rings. The number of nitrogens with one attached hydrogen (secondary N) is 1. The second-order valence-corrected chi connectivity index (χ2v) is 3.92. The molecule has 0 aliphatic carbocycles. The number of hydrogen-bond donors (Lipinski definition) is 1. The smallest absolute Gasteiger partial charge is 0.106 e. The number of hydrogen-bond acceptors (Lipinski definition) is 2. The molecule has 0 aliphatic heterocycles. The van der Waals surface area contributed by atoms with Crippen molar-refractivity contribution < 1.29 is 0 Å². The van der Waals surface area contributed by atoms with Crippen molar-refractivity contribution in [1.29, 1.82) is 0 Å². The Morgan fingerprint density at radius 3 is 2.69 bits per heavy atom. The highest BCUT2D eigenvalue weighted by Crippen LogP contribution is 2.07. The molecule has 1 aromatic heterocycles. The zero-order chi connectivity index (χ0) is 11.4. The van der Waals surface area contributed by atoms with Gasteiger partial charge in [-0.15, -0.1) is 0 Å². The lowest BCUT2D eigenvalue weighted by Gasteiger charge is -2.04. The summed E-state index contributed by atoms with van der Waals surface area (Å²) in [6, 6.07) is 10.4. The monoisotopic (exact) mass is 215 g/mol. The summed E-state index contributed by atoms with van der Waals surface area (Å²) in [4.78, 5) is 4.50. The van der Waals surface area contributed by atoms with Crippen LogP contribution in [0.25, 0.3) is 0 Å². The van der Waals surface area contributed by atoms with E-state index < -0.39 is 0 Å². The number of imidazole rings is 1. The Bertz CT molecular complexity index is 445. The zero-order valence-corrected chi connectivity index (χ0v) is 9.77. The first-order valence-corrected chi connectivity index (χ1v) is 5.51. The SMILES string of the molecule is CNCc1cn(Cc2ccccc2)c(C)n1.